The standard InChI is InChI=1S/C9H14N2/c1-7-3-5-9(6-4-7)11-8(2)10/h3-6,8,11H,10H2,1-2H3. The van der Waals surface area contributed by atoms with Crippen molar-refractivity contribution in [1.82, 2.24) is 0 Å². The van der Waals surface area contributed by atoms with Crippen LogP contribution in [0.15, 0.2) is 24.3 Å². The van der Waals surface area contributed by atoms with E-state index in [4.69, 9.17) is 5.73 Å². The number of hydrogen-bond acceptors (Lipinski definition) is 2. The zero-order valence-corrected chi connectivity index (χ0v) is 6.96. The third kappa shape index (κ3) is 2.60. The second-order valence-electron chi connectivity index (χ2n) is 2.80. The molecular weight excluding hydrogens is 136 g/mol. The molecule has 0 radical (unpaired) electrons. The maximum absolute atomic E-state index is 5.55. The van der Waals surface area contributed by atoms with Gasteiger partial charge in [-0.1, -0.05) is 17.7 Å². The first-order chi connectivity index (χ1) is 5.18. The monoisotopic (exact) mass is 150 g/mol. The smallest absolute Gasteiger partial charge is 0.0714 e. The zero-order valence-electron chi connectivity index (χ0n) is 6.96. The van der Waals surface area contributed by atoms with E-state index >= 15 is 0 Å². The van der Waals surface area contributed by atoms with Crippen molar-refractivity contribution in [1.29, 1.82) is 0 Å². The fourth-order valence-corrected chi connectivity index (χ4v) is 0.913. The Labute approximate surface area is 67.4 Å². The Morgan fingerprint density at radius 2 is 1.82 bits per heavy atom. The average molecular weight is 150 g/mol. The van der Waals surface area contributed by atoms with Gasteiger partial charge in [-0.3, -0.25) is 0 Å². The summed E-state index contributed by atoms with van der Waals surface area (Å²) in [6, 6.07) is 8.17. The predicted octanol–water partition coefficient (Wildman–Crippen LogP) is 1.71. The van der Waals surface area contributed by atoms with Crippen LogP contribution in [0.2, 0.25) is 0 Å². The lowest BCUT2D eigenvalue weighted by atomic mass is 10.2. The Bertz CT molecular complexity index is 214. The van der Waals surface area contributed by atoms with E-state index in [0.29, 0.717) is 0 Å². The van der Waals surface area contributed by atoms with Gasteiger partial charge in [-0.2, -0.15) is 0 Å². The third-order valence-corrected chi connectivity index (χ3v) is 1.45. The van der Waals surface area contributed by atoms with Gasteiger partial charge in [-0.15, -0.1) is 0 Å². The van der Waals surface area contributed by atoms with E-state index < -0.39 is 0 Å². The SMILES string of the molecule is Cc1ccc(NC(C)N)cc1. The molecule has 11 heavy (non-hydrogen) atoms. The minimum Gasteiger partial charge on any atom is -0.370 e. The van der Waals surface area contributed by atoms with Gasteiger partial charge in [0.25, 0.3) is 0 Å². The molecule has 1 atom stereocenters. The van der Waals surface area contributed by atoms with Gasteiger partial charge in [-0.25, -0.2) is 0 Å². The van der Waals surface area contributed by atoms with E-state index in [9.17, 15) is 0 Å². The normalized spacial score (nSPS) is 12.6. The van der Waals surface area contributed by atoms with E-state index in [-0.39, 0.29) is 6.17 Å². The Kier molecular flexibility index (Phi) is 2.49. The molecule has 0 aliphatic rings. The Morgan fingerprint density at radius 3 is 2.27 bits per heavy atom. The Balaban J connectivity index is 2.66. The molecule has 0 saturated heterocycles. The first-order valence-corrected chi connectivity index (χ1v) is 3.77. The highest BCUT2D eigenvalue weighted by molar-refractivity contribution is 5.44. The third-order valence-electron chi connectivity index (χ3n) is 1.45. The minimum atomic E-state index is 0.0118. The number of nitrogens with two attached hydrogens (primary N) is 1. The van der Waals surface area contributed by atoms with Crippen LogP contribution in [0, 0.1) is 6.92 Å². The first-order valence-electron chi connectivity index (χ1n) is 3.77. The van der Waals surface area contributed by atoms with Gasteiger partial charge in [0.1, 0.15) is 0 Å². The molecule has 0 amide bonds. The second-order valence-corrected chi connectivity index (χ2v) is 2.80. The van der Waals surface area contributed by atoms with Crippen molar-refractivity contribution in [3.63, 3.8) is 0 Å². The average Bonchev–Trinajstić information content (AvgIpc) is 1.93. The molecule has 2 nitrogen and oxygen atoms in total. The number of aryl methyl sites for hydroxylation is 1. The van der Waals surface area contributed by atoms with Crippen LogP contribution in [0.25, 0.3) is 0 Å². The number of hydrogen-bond donors (Lipinski definition) is 2. The lowest BCUT2D eigenvalue weighted by Crippen LogP contribution is -2.24. The van der Waals surface area contributed by atoms with Gasteiger partial charge >= 0.3 is 0 Å². The Morgan fingerprint density at radius 1 is 1.27 bits per heavy atom. The number of anilines is 1. The summed E-state index contributed by atoms with van der Waals surface area (Å²) < 4.78 is 0. The van der Waals surface area contributed by atoms with Crippen LogP contribution < -0.4 is 11.1 Å². The van der Waals surface area contributed by atoms with Crippen LogP contribution in [0.5, 0.6) is 0 Å². The molecule has 0 bridgehead atoms. The summed E-state index contributed by atoms with van der Waals surface area (Å²) in [5.41, 5.74) is 7.89. The highest BCUT2D eigenvalue weighted by Gasteiger charge is 1.92. The van der Waals surface area contributed by atoms with E-state index in [0.717, 1.165) is 5.69 Å². The zero-order chi connectivity index (χ0) is 8.27. The maximum atomic E-state index is 5.55. The van der Waals surface area contributed by atoms with Gasteiger partial charge in [0, 0.05) is 5.69 Å². The van der Waals surface area contributed by atoms with Crippen molar-refractivity contribution in [2.45, 2.75) is 20.0 Å². The number of rotatable bonds is 2. The molecule has 0 aromatic heterocycles. The summed E-state index contributed by atoms with van der Waals surface area (Å²) in [4.78, 5) is 0. The van der Waals surface area contributed by atoms with Crippen LogP contribution in [0.1, 0.15) is 12.5 Å². The summed E-state index contributed by atoms with van der Waals surface area (Å²) in [6.07, 6.45) is 0.0118. The Hall–Kier alpha value is -1.02. The summed E-state index contributed by atoms with van der Waals surface area (Å²) in [5, 5.41) is 3.11. The fraction of sp³-hybridized carbons (Fsp3) is 0.333. The molecule has 1 aromatic rings. The highest BCUT2D eigenvalue weighted by Crippen LogP contribution is 2.08. The van der Waals surface area contributed by atoms with E-state index in [1.54, 1.807) is 0 Å². The van der Waals surface area contributed by atoms with Crippen molar-refractivity contribution >= 4 is 5.69 Å². The van der Waals surface area contributed by atoms with Crippen molar-refractivity contribution in [2.24, 2.45) is 5.73 Å². The minimum absolute atomic E-state index is 0.0118. The van der Waals surface area contributed by atoms with Crippen molar-refractivity contribution in [2.75, 3.05) is 5.32 Å². The molecule has 0 saturated carbocycles. The van der Waals surface area contributed by atoms with Crippen molar-refractivity contribution in [3.8, 4) is 0 Å². The number of nitrogens with one attached hydrogen (secondary N) is 1. The molecule has 2 heteroatoms. The lowest BCUT2D eigenvalue weighted by Gasteiger charge is -2.09. The molecule has 1 rings (SSSR count). The molecule has 0 fully saturated rings. The van der Waals surface area contributed by atoms with Gasteiger partial charge in [0.15, 0.2) is 0 Å². The van der Waals surface area contributed by atoms with E-state index in [2.05, 4.69) is 24.4 Å². The van der Waals surface area contributed by atoms with Gasteiger partial charge in [-0.05, 0) is 26.0 Å². The molecule has 1 unspecified atom stereocenters. The van der Waals surface area contributed by atoms with Crippen molar-refractivity contribution < 1.29 is 0 Å². The van der Waals surface area contributed by atoms with Crippen molar-refractivity contribution in [3.05, 3.63) is 29.8 Å². The first kappa shape index (κ1) is 8.08. The summed E-state index contributed by atoms with van der Waals surface area (Å²) in [5.74, 6) is 0. The number of benzene rings is 1. The molecule has 60 valence electrons. The molecule has 0 aliphatic carbocycles. The predicted molar refractivity (Wildman–Crippen MR) is 48.5 cm³/mol. The van der Waals surface area contributed by atoms with Crippen LogP contribution >= 0.6 is 0 Å². The molecular formula is C9H14N2. The molecule has 0 spiro atoms. The van der Waals surface area contributed by atoms with Crippen LogP contribution in [0.3, 0.4) is 0 Å². The van der Waals surface area contributed by atoms with Crippen LogP contribution in [-0.4, -0.2) is 6.17 Å². The second kappa shape index (κ2) is 3.39. The van der Waals surface area contributed by atoms with Gasteiger partial charge in [0.05, 0.1) is 6.17 Å². The summed E-state index contributed by atoms with van der Waals surface area (Å²) in [7, 11) is 0. The summed E-state index contributed by atoms with van der Waals surface area (Å²) >= 11 is 0. The fourth-order valence-electron chi connectivity index (χ4n) is 0.913. The van der Waals surface area contributed by atoms with Gasteiger partial charge < -0.3 is 11.1 Å². The van der Waals surface area contributed by atoms with Crippen LogP contribution in [0.4, 0.5) is 5.69 Å². The molecule has 1 aromatic carbocycles. The highest BCUT2D eigenvalue weighted by atomic mass is 15.0. The lowest BCUT2D eigenvalue weighted by molar-refractivity contribution is 0.852. The topological polar surface area (TPSA) is 38.0 Å². The van der Waals surface area contributed by atoms with E-state index in [1.807, 2.05) is 19.1 Å². The van der Waals surface area contributed by atoms with E-state index in [1.165, 1.54) is 5.56 Å². The molecule has 0 heterocycles. The summed E-state index contributed by atoms with van der Waals surface area (Å²) in [6.45, 7) is 3.98. The largest absolute Gasteiger partial charge is 0.370 e. The maximum Gasteiger partial charge on any atom is 0.0714 e. The molecule has 0 aliphatic heterocycles. The quantitative estimate of drug-likeness (QED) is 0.630. The van der Waals surface area contributed by atoms with Gasteiger partial charge in [0.2, 0.25) is 0 Å². The van der Waals surface area contributed by atoms with Crippen LogP contribution in [-0.2, 0) is 0 Å². The molecule has 3 N–H and O–H groups in total.